The van der Waals surface area contributed by atoms with Crippen LogP contribution in [0.15, 0.2) is 24.3 Å². The minimum atomic E-state index is -1.00. The van der Waals surface area contributed by atoms with Crippen molar-refractivity contribution >= 4 is 12.4 Å². The van der Waals surface area contributed by atoms with E-state index < -0.39 is 17.8 Å². The molecule has 1 unspecified atom stereocenters. The molecule has 2 N–H and O–H groups in total. The molecule has 178 valence electrons. The maximum atomic E-state index is 13.2. The number of carbonyl (C=O) groups excluding carboxylic acids is 1. The van der Waals surface area contributed by atoms with Crippen molar-refractivity contribution in [3.8, 4) is 0 Å². The average molecular weight is 448 g/mol. The first kappa shape index (κ1) is 24.6. The van der Waals surface area contributed by atoms with E-state index in [0.29, 0.717) is 18.3 Å². The largest absolute Gasteiger partial charge is 0.465 e. The number of nitrogens with one attached hydrogen (secondary N) is 1. The number of benzene rings is 1. The van der Waals surface area contributed by atoms with E-state index in [9.17, 15) is 19.1 Å². The number of likely N-dealkylation sites (tertiary alicyclic amines) is 1. The smallest absolute Gasteiger partial charge is 0.409 e. The Morgan fingerprint density at radius 1 is 1.28 bits per heavy atom. The van der Waals surface area contributed by atoms with E-state index in [1.54, 1.807) is 0 Å². The number of carbonyl (C=O) groups is 2. The monoisotopic (exact) mass is 447 g/mol. The molecule has 5 atom stereocenters. The molecule has 1 saturated heterocycles. The van der Waals surface area contributed by atoms with Crippen molar-refractivity contribution in [2.75, 3.05) is 13.1 Å². The van der Waals surface area contributed by atoms with Crippen LogP contribution in [-0.4, -0.2) is 58.1 Å². The minimum Gasteiger partial charge on any atom is -0.465 e. The van der Waals surface area contributed by atoms with Gasteiger partial charge in [0.2, 0.25) is 0 Å². The standard InChI is InChI=1S/C25H38FN3O3/c1-5-6-19(16-30)23(29(24(31)32)25(2,3)4)27-22-12-9-18-14-28(15-21(18)22)13-17-7-10-20(26)11-8-17/h7-8,10-11,16,18-19,21-23,27H,5-6,9,12-15H2,1-4H3,(H,31,32)/t18-,19?,21+,22+,23+/m1/s1. The Balaban J connectivity index is 1.74. The summed E-state index contributed by atoms with van der Waals surface area (Å²) < 4.78 is 13.2. The Labute approximate surface area is 191 Å². The lowest BCUT2D eigenvalue weighted by Crippen LogP contribution is -2.62. The van der Waals surface area contributed by atoms with E-state index >= 15 is 0 Å². The van der Waals surface area contributed by atoms with Crippen molar-refractivity contribution in [1.82, 2.24) is 15.1 Å². The Bertz CT molecular complexity index is 780. The fraction of sp³-hybridized carbons (Fsp3) is 0.680. The second-order valence-electron chi connectivity index (χ2n) is 10.5. The second-order valence-corrected chi connectivity index (χ2v) is 10.5. The Morgan fingerprint density at radius 2 is 1.97 bits per heavy atom. The zero-order valence-corrected chi connectivity index (χ0v) is 19.8. The van der Waals surface area contributed by atoms with Gasteiger partial charge in [-0.3, -0.25) is 15.1 Å². The van der Waals surface area contributed by atoms with Gasteiger partial charge in [0.25, 0.3) is 0 Å². The zero-order valence-electron chi connectivity index (χ0n) is 19.8. The molecule has 6 nitrogen and oxygen atoms in total. The number of halogens is 1. The van der Waals surface area contributed by atoms with Crippen LogP contribution in [0.5, 0.6) is 0 Å². The molecule has 0 bridgehead atoms. The molecule has 3 rings (SSSR count). The highest BCUT2D eigenvalue weighted by molar-refractivity contribution is 5.68. The molecule has 1 amide bonds. The fourth-order valence-electron chi connectivity index (χ4n) is 5.61. The number of rotatable bonds is 9. The molecule has 1 aliphatic carbocycles. The number of hydrogen-bond acceptors (Lipinski definition) is 4. The first-order valence-electron chi connectivity index (χ1n) is 11.8. The molecule has 1 aromatic rings. The molecule has 1 aromatic carbocycles. The molecule has 2 fully saturated rings. The van der Waals surface area contributed by atoms with Gasteiger partial charge < -0.3 is 9.90 Å². The van der Waals surface area contributed by atoms with Gasteiger partial charge in [-0.1, -0.05) is 25.5 Å². The summed E-state index contributed by atoms with van der Waals surface area (Å²) in [6.45, 7) is 10.4. The maximum absolute atomic E-state index is 13.2. The highest BCUT2D eigenvalue weighted by Gasteiger charge is 2.46. The summed E-state index contributed by atoms with van der Waals surface area (Å²) in [7, 11) is 0. The molecule has 0 aromatic heterocycles. The quantitative estimate of drug-likeness (QED) is 0.435. The summed E-state index contributed by atoms with van der Waals surface area (Å²) in [6.07, 6.45) is 2.93. The van der Waals surface area contributed by atoms with Crippen molar-refractivity contribution in [3.63, 3.8) is 0 Å². The molecule has 1 aliphatic heterocycles. The fourth-order valence-corrected chi connectivity index (χ4v) is 5.61. The maximum Gasteiger partial charge on any atom is 0.409 e. The van der Waals surface area contributed by atoms with Gasteiger partial charge in [-0.05, 0) is 69.6 Å². The molecule has 2 aliphatic rings. The van der Waals surface area contributed by atoms with Gasteiger partial charge in [-0.15, -0.1) is 0 Å². The van der Waals surface area contributed by atoms with E-state index in [4.69, 9.17) is 0 Å². The van der Waals surface area contributed by atoms with Crippen LogP contribution >= 0.6 is 0 Å². The summed E-state index contributed by atoms with van der Waals surface area (Å²) in [5.41, 5.74) is 0.475. The lowest BCUT2D eigenvalue weighted by Gasteiger charge is -2.44. The summed E-state index contributed by atoms with van der Waals surface area (Å²) in [5.74, 6) is 0.372. The molecule has 1 heterocycles. The second kappa shape index (κ2) is 10.3. The third-order valence-electron chi connectivity index (χ3n) is 7.05. The Hall–Kier alpha value is -1.99. The van der Waals surface area contributed by atoms with Crippen LogP contribution in [0.3, 0.4) is 0 Å². The Morgan fingerprint density at radius 3 is 2.53 bits per heavy atom. The number of fused-ring (bicyclic) bond motifs is 1. The van der Waals surface area contributed by atoms with Gasteiger partial charge >= 0.3 is 6.09 Å². The SMILES string of the molecule is CCCC(C=O)[C@@H](N[C@H]1CC[C@@H]2CN(Cc3ccc(F)cc3)C[C@@H]21)N(C(=O)O)C(C)(C)C. The van der Waals surface area contributed by atoms with Crippen LogP contribution < -0.4 is 5.32 Å². The van der Waals surface area contributed by atoms with E-state index in [0.717, 1.165) is 50.7 Å². The predicted molar refractivity (Wildman–Crippen MR) is 123 cm³/mol. The molecule has 32 heavy (non-hydrogen) atoms. The molecule has 1 saturated carbocycles. The van der Waals surface area contributed by atoms with Crippen LogP contribution in [0, 0.1) is 23.6 Å². The van der Waals surface area contributed by atoms with Crippen LogP contribution in [0.1, 0.15) is 58.9 Å². The van der Waals surface area contributed by atoms with E-state index in [2.05, 4.69) is 10.2 Å². The number of carboxylic acid groups (broad SMARTS) is 1. The van der Waals surface area contributed by atoms with E-state index in [1.165, 1.54) is 17.0 Å². The van der Waals surface area contributed by atoms with Gasteiger partial charge in [0, 0.05) is 37.1 Å². The normalized spacial score (nSPS) is 25.3. The summed E-state index contributed by atoms with van der Waals surface area (Å²) in [5, 5.41) is 13.7. The number of aldehydes is 1. The average Bonchev–Trinajstić information content (AvgIpc) is 3.27. The Kier molecular flexibility index (Phi) is 7.93. The number of hydrogen-bond donors (Lipinski definition) is 2. The highest BCUT2D eigenvalue weighted by atomic mass is 19.1. The van der Waals surface area contributed by atoms with Crippen molar-refractivity contribution in [2.24, 2.45) is 17.8 Å². The van der Waals surface area contributed by atoms with Crippen molar-refractivity contribution in [1.29, 1.82) is 0 Å². The van der Waals surface area contributed by atoms with Gasteiger partial charge in [0.15, 0.2) is 0 Å². The van der Waals surface area contributed by atoms with Crippen molar-refractivity contribution in [2.45, 2.75) is 77.7 Å². The summed E-state index contributed by atoms with van der Waals surface area (Å²) >= 11 is 0. The van der Waals surface area contributed by atoms with Gasteiger partial charge in [-0.25, -0.2) is 9.18 Å². The summed E-state index contributed by atoms with van der Waals surface area (Å²) in [6, 6.07) is 6.85. The first-order chi connectivity index (χ1) is 15.1. The van der Waals surface area contributed by atoms with Crippen LogP contribution in [0.2, 0.25) is 0 Å². The van der Waals surface area contributed by atoms with Gasteiger partial charge in [0.05, 0.1) is 6.17 Å². The predicted octanol–water partition coefficient (Wildman–Crippen LogP) is 4.35. The third-order valence-corrected chi connectivity index (χ3v) is 7.05. The lowest BCUT2D eigenvalue weighted by atomic mass is 9.93. The number of nitrogens with zero attached hydrogens (tertiary/aromatic N) is 2. The zero-order chi connectivity index (χ0) is 23.5. The van der Waals surface area contributed by atoms with Crippen molar-refractivity contribution < 1.29 is 19.1 Å². The van der Waals surface area contributed by atoms with Crippen molar-refractivity contribution in [3.05, 3.63) is 35.6 Å². The molecular weight excluding hydrogens is 409 g/mol. The van der Waals surface area contributed by atoms with Crippen LogP contribution in [0.4, 0.5) is 9.18 Å². The summed E-state index contributed by atoms with van der Waals surface area (Å²) in [4.78, 5) is 28.0. The topological polar surface area (TPSA) is 72.9 Å². The third kappa shape index (κ3) is 5.67. The molecule has 0 radical (unpaired) electrons. The molecule has 0 spiro atoms. The van der Waals surface area contributed by atoms with E-state index in [-0.39, 0.29) is 17.8 Å². The minimum absolute atomic E-state index is 0.173. The highest BCUT2D eigenvalue weighted by Crippen LogP contribution is 2.39. The van der Waals surface area contributed by atoms with Crippen LogP contribution in [0.25, 0.3) is 0 Å². The molecule has 7 heteroatoms. The van der Waals surface area contributed by atoms with Gasteiger partial charge in [-0.2, -0.15) is 0 Å². The molecular formula is C25H38FN3O3. The lowest BCUT2D eigenvalue weighted by molar-refractivity contribution is -0.114. The van der Waals surface area contributed by atoms with E-state index in [1.807, 2.05) is 39.8 Å². The number of amides is 1. The first-order valence-corrected chi connectivity index (χ1v) is 11.8. The van der Waals surface area contributed by atoms with Crippen LogP contribution in [-0.2, 0) is 11.3 Å². The van der Waals surface area contributed by atoms with Gasteiger partial charge in [0.1, 0.15) is 12.1 Å².